The van der Waals surface area contributed by atoms with Crippen molar-refractivity contribution in [2.24, 2.45) is 0 Å². The van der Waals surface area contributed by atoms with Crippen LogP contribution >= 0.6 is 11.3 Å². The molecule has 2 aromatic rings. The first kappa shape index (κ1) is 18.5. The van der Waals surface area contributed by atoms with Crippen molar-refractivity contribution in [1.29, 1.82) is 0 Å². The van der Waals surface area contributed by atoms with Crippen LogP contribution in [0.3, 0.4) is 0 Å². The first-order valence-electron chi connectivity index (χ1n) is 8.42. The topological polar surface area (TPSA) is 101 Å². The first-order chi connectivity index (χ1) is 12.5. The van der Waals surface area contributed by atoms with E-state index >= 15 is 0 Å². The molecule has 1 saturated carbocycles. The predicted molar refractivity (Wildman–Crippen MR) is 102 cm³/mol. The number of anilines is 2. The van der Waals surface area contributed by atoms with Crippen LogP contribution in [0.1, 0.15) is 37.6 Å². The average Bonchev–Trinajstić information content (AvgIpc) is 3.08. The second-order valence-electron chi connectivity index (χ2n) is 5.93. The zero-order valence-corrected chi connectivity index (χ0v) is 16.0. The predicted octanol–water partition coefficient (Wildman–Crippen LogP) is 3.34. The number of hydrogen-bond donors (Lipinski definition) is 2. The molecule has 0 spiro atoms. The molecule has 0 aliphatic heterocycles. The molecule has 1 aliphatic carbocycles. The normalized spacial score (nSPS) is 16.7. The molecule has 7 nitrogen and oxygen atoms in total. The Kier molecular flexibility index (Phi) is 5.67. The Balaban J connectivity index is 1.68. The smallest absolute Gasteiger partial charge is 0.263 e. The van der Waals surface area contributed by atoms with Crippen molar-refractivity contribution in [3.05, 3.63) is 41.0 Å². The number of benzene rings is 1. The number of nitrogens with one attached hydrogen (secondary N) is 2. The van der Waals surface area contributed by atoms with E-state index in [0.29, 0.717) is 12.8 Å². The molecular weight excluding hydrogens is 372 g/mol. The number of rotatable bonds is 6. The van der Waals surface area contributed by atoms with Gasteiger partial charge in [0, 0.05) is 23.9 Å². The number of ketones is 1. The van der Waals surface area contributed by atoms with Crippen LogP contribution in [0.4, 0.5) is 10.8 Å². The van der Waals surface area contributed by atoms with E-state index in [9.17, 15) is 13.2 Å². The Morgan fingerprint density at radius 3 is 2.54 bits per heavy atom. The van der Waals surface area contributed by atoms with Gasteiger partial charge in [-0.3, -0.25) is 9.52 Å². The molecule has 0 saturated heterocycles. The van der Waals surface area contributed by atoms with E-state index in [1.165, 1.54) is 23.5 Å². The highest BCUT2D eigenvalue weighted by molar-refractivity contribution is 7.93. The number of sulfonamides is 1. The van der Waals surface area contributed by atoms with E-state index in [0.717, 1.165) is 35.5 Å². The highest BCUT2D eigenvalue weighted by atomic mass is 32.2. The fraction of sp³-hybridized carbons (Fsp3) is 0.353. The Morgan fingerprint density at radius 1 is 1.15 bits per heavy atom. The standard InChI is InChI=1S/C17H20N4O3S2/c1-2-16-19-20-17(25-16)21-26(23,24)14-9-7-13(8-10-14)18-11-12-5-3-4-6-15(12)22/h7-11,18H,2-6H2,1H3,(H,20,21)/b12-11+. The number of carbonyl (C=O) groups excluding carboxylic acids is 1. The third-order valence-electron chi connectivity index (χ3n) is 4.03. The molecule has 1 aromatic heterocycles. The summed E-state index contributed by atoms with van der Waals surface area (Å²) in [6.07, 6.45) is 5.78. The summed E-state index contributed by atoms with van der Waals surface area (Å²) in [6.45, 7) is 1.93. The fourth-order valence-corrected chi connectivity index (χ4v) is 4.48. The Morgan fingerprint density at radius 2 is 1.88 bits per heavy atom. The van der Waals surface area contributed by atoms with Crippen LogP contribution < -0.4 is 10.0 Å². The summed E-state index contributed by atoms with van der Waals surface area (Å²) in [7, 11) is -3.71. The van der Waals surface area contributed by atoms with Gasteiger partial charge in [-0.1, -0.05) is 18.3 Å². The van der Waals surface area contributed by atoms with Gasteiger partial charge in [-0.25, -0.2) is 8.42 Å². The molecule has 1 fully saturated rings. The quantitative estimate of drug-likeness (QED) is 0.731. The molecule has 1 aliphatic rings. The van der Waals surface area contributed by atoms with E-state index in [1.807, 2.05) is 6.92 Å². The Labute approximate surface area is 156 Å². The largest absolute Gasteiger partial charge is 0.361 e. The van der Waals surface area contributed by atoms with E-state index in [4.69, 9.17) is 0 Å². The molecular formula is C17H20N4O3S2. The van der Waals surface area contributed by atoms with Crippen molar-refractivity contribution >= 4 is 38.0 Å². The molecule has 2 N–H and O–H groups in total. The van der Waals surface area contributed by atoms with Gasteiger partial charge in [0.05, 0.1) is 4.90 Å². The van der Waals surface area contributed by atoms with E-state index in [2.05, 4.69) is 20.2 Å². The molecule has 0 bridgehead atoms. The third kappa shape index (κ3) is 4.47. The van der Waals surface area contributed by atoms with Crippen molar-refractivity contribution in [1.82, 2.24) is 10.2 Å². The highest BCUT2D eigenvalue weighted by Gasteiger charge is 2.17. The maximum atomic E-state index is 12.4. The summed E-state index contributed by atoms with van der Waals surface area (Å²) < 4.78 is 27.3. The van der Waals surface area contributed by atoms with Crippen LogP contribution in [0, 0.1) is 0 Å². The van der Waals surface area contributed by atoms with Gasteiger partial charge in [-0.05, 0) is 49.9 Å². The Hall–Kier alpha value is -2.26. The van der Waals surface area contributed by atoms with Crippen LogP contribution in [0.15, 0.2) is 40.9 Å². The molecule has 1 heterocycles. The van der Waals surface area contributed by atoms with Crippen LogP contribution in [0.2, 0.25) is 0 Å². The lowest BCUT2D eigenvalue weighted by Gasteiger charge is -2.13. The molecule has 0 amide bonds. The number of aromatic nitrogens is 2. The maximum absolute atomic E-state index is 12.4. The van der Waals surface area contributed by atoms with Crippen LogP contribution in [-0.4, -0.2) is 24.4 Å². The summed E-state index contributed by atoms with van der Waals surface area (Å²) in [4.78, 5) is 11.9. The van der Waals surface area contributed by atoms with Crippen molar-refractivity contribution in [2.75, 3.05) is 10.0 Å². The van der Waals surface area contributed by atoms with Crippen molar-refractivity contribution in [3.8, 4) is 0 Å². The second kappa shape index (κ2) is 7.96. The van der Waals surface area contributed by atoms with E-state index in [-0.39, 0.29) is 15.8 Å². The Bertz CT molecular complexity index is 918. The molecule has 3 rings (SSSR count). The van der Waals surface area contributed by atoms with Crippen molar-refractivity contribution in [3.63, 3.8) is 0 Å². The highest BCUT2D eigenvalue weighted by Crippen LogP contribution is 2.22. The van der Waals surface area contributed by atoms with Crippen LogP contribution in [0.25, 0.3) is 0 Å². The van der Waals surface area contributed by atoms with Gasteiger partial charge in [0.1, 0.15) is 5.01 Å². The second-order valence-corrected chi connectivity index (χ2v) is 8.67. The zero-order valence-electron chi connectivity index (χ0n) is 14.4. The SMILES string of the molecule is CCc1nnc(NS(=O)(=O)c2ccc(N/C=C3\CCCCC3=O)cc2)s1. The third-order valence-corrected chi connectivity index (χ3v) is 6.49. The van der Waals surface area contributed by atoms with Gasteiger partial charge in [-0.15, -0.1) is 10.2 Å². The first-order valence-corrected chi connectivity index (χ1v) is 10.7. The van der Waals surface area contributed by atoms with Gasteiger partial charge in [0.15, 0.2) is 5.78 Å². The van der Waals surface area contributed by atoms with Crippen LogP contribution in [-0.2, 0) is 21.2 Å². The minimum atomic E-state index is -3.71. The lowest BCUT2D eigenvalue weighted by Crippen LogP contribution is -2.13. The molecule has 0 atom stereocenters. The van der Waals surface area contributed by atoms with Gasteiger partial charge in [0.25, 0.3) is 10.0 Å². The minimum Gasteiger partial charge on any atom is -0.361 e. The summed E-state index contributed by atoms with van der Waals surface area (Å²) >= 11 is 1.22. The summed E-state index contributed by atoms with van der Waals surface area (Å²) in [5.74, 6) is 0.177. The number of allylic oxidation sites excluding steroid dienone is 1. The molecule has 138 valence electrons. The fourth-order valence-electron chi connectivity index (χ4n) is 2.57. The maximum Gasteiger partial charge on any atom is 0.263 e. The minimum absolute atomic E-state index is 0.137. The van der Waals surface area contributed by atoms with E-state index in [1.54, 1.807) is 18.3 Å². The molecule has 0 radical (unpaired) electrons. The van der Waals surface area contributed by atoms with Gasteiger partial charge in [-0.2, -0.15) is 0 Å². The lowest BCUT2D eigenvalue weighted by molar-refractivity contribution is -0.116. The average molecular weight is 393 g/mol. The molecule has 26 heavy (non-hydrogen) atoms. The lowest BCUT2D eigenvalue weighted by atomic mass is 9.94. The van der Waals surface area contributed by atoms with Gasteiger partial charge in [0.2, 0.25) is 5.13 Å². The number of Topliss-reactive ketones (excluding diaryl/α,β-unsaturated/α-hetero) is 1. The number of nitrogens with zero attached hydrogens (tertiary/aromatic N) is 2. The summed E-state index contributed by atoms with van der Waals surface area (Å²) in [5, 5.41) is 11.8. The van der Waals surface area contributed by atoms with E-state index < -0.39 is 10.0 Å². The van der Waals surface area contributed by atoms with Crippen molar-refractivity contribution in [2.45, 2.75) is 43.9 Å². The van der Waals surface area contributed by atoms with Crippen molar-refractivity contribution < 1.29 is 13.2 Å². The van der Waals surface area contributed by atoms with Crippen LogP contribution in [0.5, 0.6) is 0 Å². The number of carbonyl (C=O) groups is 1. The summed E-state index contributed by atoms with van der Waals surface area (Å²) in [5.41, 5.74) is 1.51. The number of hydrogen-bond acceptors (Lipinski definition) is 7. The molecule has 9 heteroatoms. The number of aryl methyl sites for hydroxylation is 1. The van der Waals surface area contributed by atoms with Gasteiger partial charge >= 0.3 is 0 Å². The molecule has 0 unspecified atom stereocenters. The summed E-state index contributed by atoms with van der Waals surface area (Å²) in [6, 6.07) is 6.34. The van der Waals surface area contributed by atoms with Gasteiger partial charge < -0.3 is 5.32 Å². The monoisotopic (exact) mass is 392 g/mol. The molecule has 1 aromatic carbocycles. The zero-order chi connectivity index (χ0) is 18.6.